The maximum Gasteiger partial charge on any atom is 0.267 e. The Morgan fingerprint density at radius 2 is 1.83 bits per heavy atom. The number of rotatable bonds is 3. The van der Waals surface area contributed by atoms with E-state index in [1.165, 1.54) is 0 Å². The van der Waals surface area contributed by atoms with Gasteiger partial charge in [0.25, 0.3) is 10.1 Å². The van der Waals surface area contributed by atoms with Crippen LogP contribution in [0.5, 0.6) is 0 Å². The minimum absolute atomic E-state index is 0.0620. The van der Waals surface area contributed by atoms with E-state index in [4.69, 9.17) is 4.55 Å². The van der Waals surface area contributed by atoms with Gasteiger partial charge in [0, 0.05) is 12.0 Å². The van der Waals surface area contributed by atoms with Crippen molar-refractivity contribution in [2.75, 3.05) is 13.1 Å². The van der Waals surface area contributed by atoms with Crippen molar-refractivity contribution in [2.24, 2.45) is 5.92 Å². The number of carbonyl (C=O) groups is 1. The molecule has 2 rings (SSSR count). The van der Waals surface area contributed by atoms with Crippen LogP contribution in [0.25, 0.3) is 0 Å². The van der Waals surface area contributed by atoms with Crippen molar-refractivity contribution in [2.45, 2.75) is 43.4 Å². The second-order valence-corrected chi connectivity index (χ2v) is 6.88. The number of hydrogen-bond acceptors (Lipinski definition) is 4. The molecule has 1 heterocycles. The molecule has 0 aromatic carbocycles. The molecule has 2 aliphatic rings. The molecule has 2 fully saturated rings. The molecule has 0 spiro atoms. The first kappa shape index (κ1) is 13.8. The Hall–Kier alpha value is -0.660. The van der Waals surface area contributed by atoms with E-state index in [0.29, 0.717) is 12.8 Å². The highest BCUT2D eigenvalue weighted by molar-refractivity contribution is 7.86. The van der Waals surface area contributed by atoms with Crippen LogP contribution < -0.4 is 10.6 Å². The summed E-state index contributed by atoms with van der Waals surface area (Å²) in [7, 11) is -3.99. The Morgan fingerprint density at radius 1 is 1.17 bits per heavy atom. The minimum atomic E-state index is -3.99. The first-order chi connectivity index (χ1) is 8.47. The summed E-state index contributed by atoms with van der Waals surface area (Å²) in [5.74, 6) is -0.333. The highest BCUT2D eigenvalue weighted by atomic mass is 32.2. The lowest BCUT2D eigenvalue weighted by Crippen LogP contribution is -2.44. The summed E-state index contributed by atoms with van der Waals surface area (Å²) in [5, 5.41) is 5.44. The molecule has 1 aliphatic carbocycles. The van der Waals surface area contributed by atoms with Crippen LogP contribution in [-0.2, 0) is 14.9 Å². The van der Waals surface area contributed by atoms with Gasteiger partial charge in [-0.2, -0.15) is 8.42 Å². The molecule has 1 saturated carbocycles. The molecule has 2 unspecified atom stereocenters. The Balaban J connectivity index is 1.83. The highest BCUT2D eigenvalue weighted by Crippen LogP contribution is 2.30. The molecule has 104 valence electrons. The zero-order chi connectivity index (χ0) is 13.2. The van der Waals surface area contributed by atoms with Crippen molar-refractivity contribution < 1.29 is 17.8 Å². The van der Waals surface area contributed by atoms with Crippen LogP contribution in [0.1, 0.15) is 32.1 Å². The van der Waals surface area contributed by atoms with Gasteiger partial charge in [-0.1, -0.05) is 0 Å². The van der Waals surface area contributed by atoms with Gasteiger partial charge >= 0.3 is 0 Å². The Morgan fingerprint density at radius 3 is 2.39 bits per heavy atom. The number of hydrogen-bond donors (Lipinski definition) is 3. The van der Waals surface area contributed by atoms with Crippen molar-refractivity contribution in [1.82, 2.24) is 10.6 Å². The Labute approximate surface area is 107 Å². The van der Waals surface area contributed by atoms with E-state index in [-0.39, 0.29) is 24.3 Å². The lowest BCUT2D eigenvalue weighted by atomic mass is 10.0. The minimum Gasteiger partial charge on any atom is -0.353 e. The maximum absolute atomic E-state index is 12.0. The summed E-state index contributed by atoms with van der Waals surface area (Å²) in [6.45, 7) is 1.81. The van der Waals surface area contributed by atoms with Gasteiger partial charge in [-0.3, -0.25) is 9.35 Å². The van der Waals surface area contributed by atoms with E-state index >= 15 is 0 Å². The Bertz CT molecular complexity index is 403. The smallest absolute Gasteiger partial charge is 0.267 e. The van der Waals surface area contributed by atoms with Crippen LogP contribution in [0.2, 0.25) is 0 Å². The molecule has 3 N–H and O–H groups in total. The quantitative estimate of drug-likeness (QED) is 0.626. The first-order valence-electron chi connectivity index (χ1n) is 6.44. The third-order valence-corrected chi connectivity index (χ3v) is 5.13. The lowest BCUT2D eigenvalue weighted by molar-refractivity contribution is -0.125. The maximum atomic E-state index is 12.0. The first-order valence-corrected chi connectivity index (χ1v) is 7.94. The van der Waals surface area contributed by atoms with Crippen molar-refractivity contribution >= 4 is 16.0 Å². The molecular formula is C11H20N2O4S. The van der Waals surface area contributed by atoms with Gasteiger partial charge in [0.1, 0.15) is 0 Å². The third kappa shape index (κ3) is 3.43. The number of nitrogens with one attached hydrogen (secondary N) is 2. The molecule has 0 radical (unpaired) electrons. The van der Waals surface area contributed by atoms with Gasteiger partial charge < -0.3 is 10.6 Å². The van der Waals surface area contributed by atoms with E-state index in [1.54, 1.807) is 0 Å². The van der Waals surface area contributed by atoms with Crippen LogP contribution in [0.4, 0.5) is 0 Å². The summed E-state index contributed by atoms with van der Waals surface area (Å²) in [4.78, 5) is 12.0. The summed E-state index contributed by atoms with van der Waals surface area (Å²) < 4.78 is 31.0. The average molecular weight is 276 g/mol. The van der Waals surface area contributed by atoms with Crippen molar-refractivity contribution in [1.29, 1.82) is 0 Å². The molecule has 7 heteroatoms. The normalized spacial score (nSPS) is 30.3. The van der Waals surface area contributed by atoms with E-state index < -0.39 is 15.4 Å². The molecule has 1 saturated heterocycles. The van der Waals surface area contributed by atoms with Crippen LogP contribution in [0, 0.1) is 5.92 Å². The predicted molar refractivity (Wildman–Crippen MR) is 66.7 cm³/mol. The summed E-state index contributed by atoms with van der Waals surface area (Å²) >= 11 is 0. The predicted octanol–water partition coefficient (Wildman–Crippen LogP) is -0.0889. The van der Waals surface area contributed by atoms with Crippen molar-refractivity contribution in [3.8, 4) is 0 Å². The van der Waals surface area contributed by atoms with Gasteiger partial charge in [-0.05, 0) is 45.2 Å². The number of carbonyl (C=O) groups excluding carboxylic acids is 1. The number of piperidine rings is 1. The summed E-state index contributed by atoms with van der Waals surface area (Å²) in [6, 6.07) is 0.198. The fourth-order valence-electron chi connectivity index (χ4n) is 2.73. The van der Waals surface area contributed by atoms with Crippen molar-refractivity contribution in [3.63, 3.8) is 0 Å². The van der Waals surface area contributed by atoms with Gasteiger partial charge in [0.15, 0.2) is 0 Å². The van der Waals surface area contributed by atoms with Crippen LogP contribution >= 0.6 is 0 Å². The molecule has 0 bridgehead atoms. The lowest BCUT2D eigenvalue weighted by Gasteiger charge is -2.25. The number of amides is 1. The Kier molecular flexibility index (Phi) is 4.24. The van der Waals surface area contributed by atoms with Gasteiger partial charge in [0.05, 0.1) is 5.25 Å². The standard InChI is InChI=1S/C11H20N2O4S/c14-11(13-9-3-5-12-6-4-9)8-1-2-10(7-8)18(15,16)17/h8-10,12H,1-7H2,(H,13,14)(H,15,16,17). The monoisotopic (exact) mass is 276 g/mol. The zero-order valence-electron chi connectivity index (χ0n) is 10.3. The van der Waals surface area contributed by atoms with E-state index in [2.05, 4.69) is 10.6 Å². The van der Waals surface area contributed by atoms with Crippen molar-refractivity contribution in [3.05, 3.63) is 0 Å². The van der Waals surface area contributed by atoms with Gasteiger partial charge in [-0.15, -0.1) is 0 Å². The SMILES string of the molecule is O=C(NC1CCNCC1)C1CCC(S(=O)(=O)O)C1. The molecule has 1 amide bonds. The van der Waals surface area contributed by atoms with E-state index in [9.17, 15) is 13.2 Å². The fraction of sp³-hybridized carbons (Fsp3) is 0.909. The average Bonchev–Trinajstić information content (AvgIpc) is 2.79. The molecule has 0 aromatic heterocycles. The van der Waals surface area contributed by atoms with E-state index in [1.807, 2.05) is 0 Å². The van der Waals surface area contributed by atoms with E-state index in [0.717, 1.165) is 25.9 Å². The molecule has 6 nitrogen and oxygen atoms in total. The van der Waals surface area contributed by atoms with Crippen LogP contribution in [0.15, 0.2) is 0 Å². The topological polar surface area (TPSA) is 95.5 Å². The van der Waals surface area contributed by atoms with Gasteiger partial charge in [-0.25, -0.2) is 0 Å². The largest absolute Gasteiger partial charge is 0.353 e. The molecule has 18 heavy (non-hydrogen) atoms. The highest BCUT2D eigenvalue weighted by Gasteiger charge is 2.37. The molecule has 0 aromatic rings. The second-order valence-electron chi connectivity index (χ2n) is 5.18. The zero-order valence-corrected chi connectivity index (χ0v) is 11.1. The fourth-order valence-corrected chi connectivity index (χ4v) is 3.64. The van der Waals surface area contributed by atoms with Crippen LogP contribution in [-0.4, -0.2) is 43.3 Å². The molecule has 2 atom stereocenters. The third-order valence-electron chi connectivity index (χ3n) is 3.86. The second kappa shape index (κ2) is 5.54. The summed E-state index contributed by atoms with van der Waals surface area (Å²) in [5.41, 5.74) is 0. The molecular weight excluding hydrogens is 256 g/mol. The summed E-state index contributed by atoms with van der Waals surface area (Å²) in [6.07, 6.45) is 3.00. The van der Waals surface area contributed by atoms with Gasteiger partial charge in [0.2, 0.25) is 5.91 Å². The molecule has 1 aliphatic heterocycles. The van der Waals surface area contributed by atoms with Crippen LogP contribution in [0.3, 0.4) is 0 Å².